The minimum Gasteiger partial charge on any atom is -0.335 e. The fourth-order valence-electron chi connectivity index (χ4n) is 1.47. The molecule has 0 saturated heterocycles. The van der Waals surface area contributed by atoms with E-state index >= 15 is 0 Å². The van der Waals surface area contributed by atoms with Crippen LogP contribution < -0.4 is 16.4 Å². The summed E-state index contributed by atoms with van der Waals surface area (Å²) in [6.07, 6.45) is 1.54. The first-order chi connectivity index (χ1) is 8.52. The van der Waals surface area contributed by atoms with E-state index in [1.807, 2.05) is 6.92 Å². The third kappa shape index (κ3) is 4.67. The van der Waals surface area contributed by atoms with Crippen LogP contribution in [0.3, 0.4) is 0 Å². The van der Waals surface area contributed by atoms with Gasteiger partial charge in [-0.05, 0) is 38.4 Å². The molecular formula is C12H17F2N3O. The Labute approximate surface area is 105 Å². The van der Waals surface area contributed by atoms with E-state index in [-0.39, 0.29) is 11.7 Å². The van der Waals surface area contributed by atoms with Crippen LogP contribution in [0.25, 0.3) is 0 Å². The number of carbonyl (C=O) groups is 1. The minimum absolute atomic E-state index is 0.0556. The molecule has 2 amide bonds. The van der Waals surface area contributed by atoms with E-state index in [1.165, 1.54) is 6.07 Å². The molecule has 18 heavy (non-hydrogen) atoms. The highest BCUT2D eigenvalue weighted by Gasteiger charge is 2.10. The average Bonchev–Trinajstić information content (AvgIpc) is 2.30. The molecule has 1 atom stereocenters. The molecule has 6 heteroatoms. The zero-order valence-corrected chi connectivity index (χ0v) is 10.2. The van der Waals surface area contributed by atoms with Crippen LogP contribution in [0.15, 0.2) is 18.2 Å². The number of hydrogen-bond acceptors (Lipinski definition) is 2. The van der Waals surface area contributed by atoms with Gasteiger partial charge in [0.15, 0.2) is 0 Å². The van der Waals surface area contributed by atoms with Crippen molar-refractivity contribution in [3.63, 3.8) is 0 Å². The third-order valence-electron chi connectivity index (χ3n) is 2.40. The van der Waals surface area contributed by atoms with Crippen LogP contribution in [-0.4, -0.2) is 18.6 Å². The molecule has 1 aromatic rings. The molecule has 0 spiro atoms. The lowest BCUT2D eigenvalue weighted by molar-refractivity contribution is 0.248. The highest BCUT2D eigenvalue weighted by atomic mass is 19.1. The van der Waals surface area contributed by atoms with Crippen LogP contribution in [0.4, 0.5) is 19.3 Å². The predicted molar refractivity (Wildman–Crippen MR) is 66.3 cm³/mol. The van der Waals surface area contributed by atoms with Gasteiger partial charge >= 0.3 is 6.03 Å². The van der Waals surface area contributed by atoms with Crippen molar-refractivity contribution in [2.75, 3.05) is 11.9 Å². The maximum absolute atomic E-state index is 13.3. The Kier molecular flexibility index (Phi) is 5.51. The Morgan fingerprint density at radius 1 is 1.44 bits per heavy atom. The Balaban J connectivity index is 2.49. The van der Waals surface area contributed by atoms with Crippen LogP contribution in [0.5, 0.6) is 0 Å². The van der Waals surface area contributed by atoms with Crippen molar-refractivity contribution < 1.29 is 13.6 Å². The number of urea groups is 1. The third-order valence-corrected chi connectivity index (χ3v) is 2.40. The van der Waals surface area contributed by atoms with Gasteiger partial charge < -0.3 is 16.4 Å². The average molecular weight is 257 g/mol. The van der Waals surface area contributed by atoms with Crippen molar-refractivity contribution in [1.82, 2.24) is 5.32 Å². The van der Waals surface area contributed by atoms with Gasteiger partial charge in [-0.15, -0.1) is 0 Å². The van der Waals surface area contributed by atoms with Crippen LogP contribution in [-0.2, 0) is 0 Å². The Morgan fingerprint density at radius 3 is 2.78 bits per heavy atom. The van der Waals surface area contributed by atoms with E-state index in [0.717, 1.165) is 18.9 Å². The summed E-state index contributed by atoms with van der Waals surface area (Å²) < 4.78 is 25.9. The molecule has 1 rings (SSSR count). The van der Waals surface area contributed by atoms with Crippen LogP contribution >= 0.6 is 0 Å². The highest BCUT2D eigenvalue weighted by molar-refractivity contribution is 5.89. The summed E-state index contributed by atoms with van der Waals surface area (Å²) in [6, 6.07) is 2.39. The fraction of sp³-hybridized carbons (Fsp3) is 0.417. The van der Waals surface area contributed by atoms with E-state index in [9.17, 15) is 13.6 Å². The number of halogens is 2. The molecule has 0 aliphatic rings. The summed E-state index contributed by atoms with van der Waals surface area (Å²) in [6.45, 7) is 2.39. The number of nitrogens with two attached hydrogens (primary N) is 1. The topological polar surface area (TPSA) is 67.1 Å². The predicted octanol–water partition coefficient (Wildman–Crippen LogP) is 2.21. The smallest absolute Gasteiger partial charge is 0.319 e. The molecule has 0 aliphatic heterocycles. The van der Waals surface area contributed by atoms with Gasteiger partial charge in [-0.2, -0.15) is 0 Å². The lowest BCUT2D eigenvalue weighted by Gasteiger charge is -2.14. The molecule has 0 radical (unpaired) electrons. The van der Waals surface area contributed by atoms with E-state index in [2.05, 4.69) is 10.6 Å². The van der Waals surface area contributed by atoms with E-state index in [1.54, 1.807) is 0 Å². The number of anilines is 1. The Hall–Kier alpha value is -1.69. The fourth-order valence-corrected chi connectivity index (χ4v) is 1.47. The van der Waals surface area contributed by atoms with Crippen molar-refractivity contribution in [3.8, 4) is 0 Å². The molecule has 0 fully saturated rings. The summed E-state index contributed by atoms with van der Waals surface area (Å²) in [5, 5.41) is 4.96. The summed E-state index contributed by atoms with van der Waals surface area (Å²) in [4.78, 5) is 11.5. The van der Waals surface area contributed by atoms with Gasteiger partial charge in [0.1, 0.15) is 11.6 Å². The molecule has 0 heterocycles. The summed E-state index contributed by atoms with van der Waals surface area (Å²) in [7, 11) is 0. The summed E-state index contributed by atoms with van der Waals surface area (Å²) in [5.74, 6) is -1.49. The highest BCUT2D eigenvalue weighted by Crippen LogP contribution is 2.14. The zero-order valence-electron chi connectivity index (χ0n) is 10.2. The first-order valence-corrected chi connectivity index (χ1v) is 5.75. The van der Waals surface area contributed by atoms with Crippen molar-refractivity contribution >= 4 is 11.7 Å². The van der Waals surface area contributed by atoms with Crippen molar-refractivity contribution in [2.45, 2.75) is 25.8 Å². The monoisotopic (exact) mass is 257 g/mol. The van der Waals surface area contributed by atoms with Gasteiger partial charge in [0.2, 0.25) is 0 Å². The van der Waals surface area contributed by atoms with Gasteiger partial charge in [0.05, 0.1) is 5.69 Å². The van der Waals surface area contributed by atoms with E-state index in [4.69, 9.17) is 5.73 Å². The number of amides is 2. The van der Waals surface area contributed by atoms with Crippen molar-refractivity contribution in [3.05, 3.63) is 29.8 Å². The van der Waals surface area contributed by atoms with Gasteiger partial charge in [-0.3, -0.25) is 0 Å². The molecule has 100 valence electrons. The number of rotatable bonds is 5. The quantitative estimate of drug-likeness (QED) is 0.757. The van der Waals surface area contributed by atoms with Crippen molar-refractivity contribution in [1.29, 1.82) is 0 Å². The maximum atomic E-state index is 13.3. The lowest BCUT2D eigenvalue weighted by Crippen LogP contribution is -2.36. The van der Waals surface area contributed by atoms with Gasteiger partial charge in [0.25, 0.3) is 0 Å². The number of nitrogens with one attached hydrogen (secondary N) is 2. The van der Waals surface area contributed by atoms with E-state index in [0.29, 0.717) is 12.6 Å². The van der Waals surface area contributed by atoms with Gasteiger partial charge in [0, 0.05) is 12.1 Å². The molecule has 0 bridgehead atoms. The number of carbonyl (C=O) groups excluding carboxylic acids is 1. The molecular weight excluding hydrogens is 240 g/mol. The number of benzene rings is 1. The maximum Gasteiger partial charge on any atom is 0.319 e. The van der Waals surface area contributed by atoms with E-state index < -0.39 is 17.7 Å². The van der Waals surface area contributed by atoms with Crippen LogP contribution in [0.2, 0.25) is 0 Å². The first kappa shape index (κ1) is 14.4. The molecule has 1 aromatic carbocycles. The largest absolute Gasteiger partial charge is 0.335 e. The molecule has 4 nitrogen and oxygen atoms in total. The van der Waals surface area contributed by atoms with Crippen molar-refractivity contribution in [2.24, 2.45) is 5.73 Å². The standard InChI is InChI=1S/C12H17F2N3O/c1-8(3-2-6-15)16-12(18)17-11-5-4-9(13)7-10(11)14/h4-5,7-8H,2-3,6,15H2,1H3,(H2,16,17,18). The second kappa shape index (κ2) is 6.90. The SMILES string of the molecule is CC(CCCN)NC(=O)Nc1ccc(F)cc1F. The summed E-state index contributed by atoms with van der Waals surface area (Å²) in [5.41, 5.74) is 5.30. The molecule has 1 unspecified atom stereocenters. The lowest BCUT2D eigenvalue weighted by atomic mass is 10.2. The molecule has 0 aromatic heterocycles. The number of hydrogen-bond donors (Lipinski definition) is 3. The van der Waals surface area contributed by atoms with Gasteiger partial charge in [-0.25, -0.2) is 13.6 Å². The minimum atomic E-state index is -0.806. The second-order valence-corrected chi connectivity index (χ2v) is 4.05. The second-order valence-electron chi connectivity index (χ2n) is 4.05. The zero-order chi connectivity index (χ0) is 13.5. The summed E-state index contributed by atoms with van der Waals surface area (Å²) >= 11 is 0. The molecule has 4 N–H and O–H groups in total. The first-order valence-electron chi connectivity index (χ1n) is 5.75. The normalized spacial score (nSPS) is 12.0. The van der Waals surface area contributed by atoms with Crippen LogP contribution in [0, 0.1) is 11.6 Å². The van der Waals surface area contributed by atoms with Crippen LogP contribution in [0.1, 0.15) is 19.8 Å². The Bertz CT molecular complexity index is 412. The van der Waals surface area contributed by atoms with Gasteiger partial charge in [-0.1, -0.05) is 0 Å². The Morgan fingerprint density at radius 2 is 2.17 bits per heavy atom. The molecule has 0 saturated carbocycles. The molecule has 0 aliphatic carbocycles.